The Morgan fingerprint density at radius 2 is 1.41 bits per heavy atom. The Hall–Kier alpha value is -2.17. The lowest BCUT2D eigenvalue weighted by atomic mass is 10.1. The van der Waals surface area contributed by atoms with Gasteiger partial charge in [0.25, 0.3) is 8.32 Å². The third-order valence-corrected chi connectivity index (χ3v) is 10.1. The van der Waals surface area contributed by atoms with Gasteiger partial charge in [-0.15, -0.1) is 0 Å². The summed E-state index contributed by atoms with van der Waals surface area (Å²) in [5.41, 5.74) is 0.547. The zero-order chi connectivity index (χ0) is 20.1. The summed E-state index contributed by atoms with van der Waals surface area (Å²) >= 11 is 0. The number of carbonyl (C=O) groups is 1. The second-order valence-corrected chi connectivity index (χ2v) is 11.9. The van der Waals surface area contributed by atoms with Crippen LogP contribution in [0.1, 0.15) is 34.6 Å². The fourth-order valence-electron chi connectivity index (χ4n) is 3.66. The van der Waals surface area contributed by atoms with Crippen molar-refractivity contribution in [1.82, 2.24) is 0 Å². The van der Waals surface area contributed by atoms with Crippen LogP contribution in [0.15, 0.2) is 72.3 Å². The first-order chi connectivity index (χ1) is 12.8. The SMILES string of the molecule is C/C=C(\C(=O)OC)[C@H](C)O[Si](c1ccccc1)(c1ccccc1)C(C)(C)C. The van der Waals surface area contributed by atoms with Crippen LogP contribution in [0.25, 0.3) is 0 Å². The number of hydrogen-bond acceptors (Lipinski definition) is 3. The van der Waals surface area contributed by atoms with E-state index in [-0.39, 0.29) is 17.1 Å². The monoisotopic (exact) mass is 382 g/mol. The number of ether oxygens (including phenoxy) is 1. The maximum Gasteiger partial charge on any atom is 0.335 e. The van der Waals surface area contributed by atoms with E-state index in [4.69, 9.17) is 9.16 Å². The summed E-state index contributed by atoms with van der Waals surface area (Å²) in [7, 11) is -1.29. The Morgan fingerprint density at radius 1 is 0.963 bits per heavy atom. The molecule has 0 radical (unpaired) electrons. The van der Waals surface area contributed by atoms with E-state index in [1.807, 2.05) is 26.0 Å². The first-order valence-electron chi connectivity index (χ1n) is 9.31. The molecule has 0 aliphatic carbocycles. The van der Waals surface area contributed by atoms with Gasteiger partial charge in [-0.3, -0.25) is 0 Å². The maximum absolute atomic E-state index is 12.2. The number of carbonyl (C=O) groups excluding carboxylic acids is 1. The highest BCUT2D eigenvalue weighted by Gasteiger charge is 2.51. The Kier molecular flexibility index (Phi) is 6.79. The zero-order valence-corrected chi connectivity index (χ0v) is 18.2. The Morgan fingerprint density at radius 3 is 1.74 bits per heavy atom. The molecule has 2 rings (SSSR count). The summed E-state index contributed by atoms with van der Waals surface area (Å²) in [5, 5.41) is 2.24. The number of rotatable bonds is 6. The van der Waals surface area contributed by atoms with Crippen LogP contribution in [-0.2, 0) is 14.0 Å². The highest BCUT2D eigenvalue weighted by molar-refractivity contribution is 6.99. The average molecular weight is 383 g/mol. The van der Waals surface area contributed by atoms with Crippen LogP contribution in [0.3, 0.4) is 0 Å². The molecule has 0 amide bonds. The van der Waals surface area contributed by atoms with E-state index < -0.39 is 8.32 Å². The van der Waals surface area contributed by atoms with Gasteiger partial charge in [0, 0.05) is 0 Å². The van der Waals surface area contributed by atoms with Crippen LogP contribution in [0.4, 0.5) is 0 Å². The van der Waals surface area contributed by atoms with Crippen LogP contribution in [0.5, 0.6) is 0 Å². The standard InChI is InChI=1S/C23H30O3Si/c1-7-21(22(24)25-6)18(2)26-27(23(3,4)5,19-14-10-8-11-15-19)20-16-12-9-13-17-20/h7-18H,1-6H3/b21-7-/t18-/m0/s1. The van der Waals surface area contributed by atoms with E-state index in [9.17, 15) is 4.79 Å². The fourth-order valence-corrected chi connectivity index (χ4v) is 8.33. The molecule has 0 aliphatic heterocycles. The lowest BCUT2D eigenvalue weighted by Gasteiger charge is -2.44. The van der Waals surface area contributed by atoms with Crippen molar-refractivity contribution in [2.45, 2.75) is 45.8 Å². The smallest absolute Gasteiger partial charge is 0.335 e. The van der Waals surface area contributed by atoms with E-state index in [2.05, 4.69) is 69.3 Å². The van der Waals surface area contributed by atoms with E-state index in [1.165, 1.54) is 17.5 Å². The molecule has 0 aromatic heterocycles. The van der Waals surface area contributed by atoms with E-state index >= 15 is 0 Å². The molecule has 144 valence electrons. The summed E-state index contributed by atoms with van der Waals surface area (Å²) in [6.45, 7) is 10.4. The van der Waals surface area contributed by atoms with E-state index in [0.717, 1.165) is 0 Å². The van der Waals surface area contributed by atoms with Gasteiger partial charge in [-0.2, -0.15) is 0 Å². The van der Waals surface area contributed by atoms with Crippen molar-refractivity contribution in [2.75, 3.05) is 7.11 Å². The summed E-state index contributed by atoms with van der Waals surface area (Å²) in [5.74, 6) is -0.345. The van der Waals surface area contributed by atoms with Gasteiger partial charge >= 0.3 is 5.97 Å². The van der Waals surface area contributed by atoms with Gasteiger partial charge in [0.15, 0.2) is 0 Å². The lowest BCUT2D eigenvalue weighted by Crippen LogP contribution is -2.67. The van der Waals surface area contributed by atoms with Gasteiger partial charge < -0.3 is 9.16 Å². The highest BCUT2D eigenvalue weighted by atomic mass is 28.4. The molecule has 0 N–H and O–H groups in total. The van der Waals surface area contributed by atoms with Gasteiger partial charge in [0.2, 0.25) is 0 Å². The maximum atomic E-state index is 12.2. The third kappa shape index (κ3) is 4.23. The van der Waals surface area contributed by atoms with Crippen LogP contribution >= 0.6 is 0 Å². The molecule has 3 nitrogen and oxygen atoms in total. The summed E-state index contributed by atoms with van der Waals surface area (Å²) < 4.78 is 11.9. The highest BCUT2D eigenvalue weighted by Crippen LogP contribution is 2.38. The molecule has 2 aromatic rings. The largest absolute Gasteiger partial charge is 0.466 e. The second kappa shape index (κ2) is 8.68. The Labute approximate surface area is 164 Å². The second-order valence-electron chi connectivity index (χ2n) is 7.66. The minimum Gasteiger partial charge on any atom is -0.466 e. The van der Waals surface area contributed by atoms with Crippen molar-refractivity contribution < 1.29 is 14.0 Å². The molecule has 0 spiro atoms. The van der Waals surface area contributed by atoms with Crippen LogP contribution < -0.4 is 10.4 Å². The fraction of sp³-hybridized carbons (Fsp3) is 0.348. The normalized spacial score (nSPS) is 13.9. The van der Waals surface area contributed by atoms with Gasteiger partial charge in [0.1, 0.15) is 0 Å². The first-order valence-corrected chi connectivity index (χ1v) is 11.2. The summed E-state index contributed by atoms with van der Waals surface area (Å²) in [6.07, 6.45) is 1.41. The van der Waals surface area contributed by atoms with Gasteiger partial charge in [0.05, 0.1) is 18.8 Å². The number of benzene rings is 2. The predicted octanol–water partition coefficient (Wildman–Crippen LogP) is 4.07. The molecule has 0 saturated heterocycles. The van der Waals surface area contributed by atoms with Crippen molar-refractivity contribution in [3.63, 3.8) is 0 Å². The Bertz CT molecular complexity index is 737. The van der Waals surface area contributed by atoms with Crippen molar-refractivity contribution >= 4 is 24.7 Å². The zero-order valence-electron chi connectivity index (χ0n) is 17.2. The van der Waals surface area contributed by atoms with Crippen molar-refractivity contribution in [2.24, 2.45) is 0 Å². The molecule has 1 atom stereocenters. The third-order valence-electron chi connectivity index (χ3n) is 4.94. The molecule has 4 heteroatoms. The molecule has 0 unspecified atom stereocenters. The van der Waals surface area contributed by atoms with Crippen LogP contribution in [0.2, 0.25) is 5.04 Å². The topological polar surface area (TPSA) is 35.5 Å². The molecule has 0 heterocycles. The summed E-state index contributed by atoms with van der Waals surface area (Å²) in [6, 6.07) is 20.8. The van der Waals surface area contributed by atoms with Crippen molar-refractivity contribution in [3.8, 4) is 0 Å². The van der Waals surface area contributed by atoms with Crippen molar-refractivity contribution in [1.29, 1.82) is 0 Å². The van der Waals surface area contributed by atoms with Gasteiger partial charge in [-0.25, -0.2) is 4.79 Å². The van der Waals surface area contributed by atoms with Gasteiger partial charge in [-0.05, 0) is 29.3 Å². The molecular formula is C23H30O3Si. The van der Waals surface area contributed by atoms with Crippen molar-refractivity contribution in [3.05, 3.63) is 72.3 Å². The van der Waals surface area contributed by atoms with Gasteiger partial charge in [-0.1, -0.05) is 87.5 Å². The molecule has 0 bridgehead atoms. The molecule has 0 aliphatic rings. The minimum absolute atomic E-state index is 0.140. The first kappa shape index (κ1) is 21.1. The molecule has 0 saturated carbocycles. The number of allylic oxidation sites excluding steroid dienone is 1. The number of methoxy groups -OCH3 is 1. The molecular weight excluding hydrogens is 352 g/mol. The Balaban J connectivity index is 2.68. The summed E-state index contributed by atoms with van der Waals surface area (Å²) in [4.78, 5) is 12.2. The molecule has 2 aromatic carbocycles. The van der Waals surface area contributed by atoms with Crippen LogP contribution in [0, 0.1) is 0 Å². The van der Waals surface area contributed by atoms with E-state index in [0.29, 0.717) is 5.57 Å². The molecule has 0 fully saturated rings. The van der Waals surface area contributed by atoms with Crippen LogP contribution in [-0.4, -0.2) is 27.5 Å². The quantitative estimate of drug-likeness (QED) is 0.429. The number of hydrogen-bond donors (Lipinski definition) is 0. The molecule has 27 heavy (non-hydrogen) atoms. The average Bonchev–Trinajstić information content (AvgIpc) is 2.66. The minimum atomic E-state index is -2.70. The number of esters is 1. The predicted molar refractivity (Wildman–Crippen MR) is 114 cm³/mol. The lowest BCUT2D eigenvalue weighted by molar-refractivity contribution is -0.137. The van der Waals surface area contributed by atoms with E-state index in [1.54, 1.807) is 6.08 Å².